The van der Waals surface area contributed by atoms with Crippen molar-refractivity contribution in [2.24, 2.45) is 71.0 Å². The minimum Gasteiger partial charge on any atom is -0.123 e. The maximum absolute atomic E-state index is 2.50. The summed E-state index contributed by atoms with van der Waals surface area (Å²) >= 11 is 15.0. The molecule has 1 aromatic carbocycles. The Morgan fingerprint density at radius 1 is 0.132 bits per heavy atom. The van der Waals surface area contributed by atoms with Gasteiger partial charge in [0, 0.05) is 63.9 Å². The smallest absolute Gasteiger partial charge is 0.0368 e. The van der Waals surface area contributed by atoms with E-state index >= 15 is 0 Å². The van der Waals surface area contributed by atoms with Crippen molar-refractivity contribution in [3.05, 3.63) is 0 Å². The highest BCUT2D eigenvalue weighted by Gasteiger charge is 2.34. The predicted octanol–water partition coefficient (Wildman–Crippen LogP) is 40.3. The van der Waals surface area contributed by atoms with E-state index in [-0.39, 0.29) is 0 Å². The summed E-state index contributed by atoms with van der Waals surface area (Å²) in [7, 11) is 0. The molecule has 6 aliphatic rings. The maximum atomic E-state index is 2.50. The zero-order valence-electron chi connectivity index (χ0n) is 77.8. The fourth-order valence-electron chi connectivity index (χ4n) is 22.1. The van der Waals surface area contributed by atoms with Crippen molar-refractivity contribution in [3.63, 3.8) is 0 Å². The Bertz CT molecular complexity index is 1870. The Morgan fingerprint density at radius 3 is 0.342 bits per heavy atom. The molecule has 6 saturated carbocycles. The molecule has 0 amide bonds. The van der Waals surface area contributed by atoms with Gasteiger partial charge in [0.15, 0.2) is 0 Å². The second-order valence-corrected chi connectivity index (χ2v) is 46.9. The Labute approximate surface area is 741 Å². The number of benzene rings is 1. The molecule has 0 radical (unpaired) electrons. The molecule has 0 heterocycles. The molecule has 114 heavy (non-hydrogen) atoms. The zero-order chi connectivity index (χ0) is 80.0. The molecule has 1 aromatic rings. The molecule has 666 valence electrons. The van der Waals surface area contributed by atoms with Crippen molar-refractivity contribution in [3.8, 4) is 0 Å². The minimum atomic E-state index is 0.877. The van der Waals surface area contributed by atoms with E-state index in [1.54, 1.807) is 0 Å². The van der Waals surface area contributed by atoms with Crippen LogP contribution >= 0.6 is 70.6 Å². The first-order valence-electron chi connectivity index (χ1n) is 53.4. The molecular weight excluding hydrogens is 1490 g/mol. The highest BCUT2D eigenvalue weighted by atomic mass is 32.2. The zero-order valence-corrected chi connectivity index (χ0v) is 82.7. The van der Waals surface area contributed by atoms with Crippen LogP contribution in [0.4, 0.5) is 0 Å². The van der Waals surface area contributed by atoms with Gasteiger partial charge < -0.3 is 0 Å². The van der Waals surface area contributed by atoms with Crippen molar-refractivity contribution >= 4 is 70.6 Å². The fourth-order valence-corrected chi connectivity index (χ4v) is 31.9. The van der Waals surface area contributed by atoms with Crippen LogP contribution in [0.5, 0.6) is 0 Å². The summed E-state index contributed by atoms with van der Waals surface area (Å²) in [6.45, 7) is 14.2. The Kier molecular flexibility index (Phi) is 62.4. The van der Waals surface area contributed by atoms with Gasteiger partial charge in [-0.3, -0.25) is 0 Å². The molecule has 0 spiro atoms. The third kappa shape index (κ3) is 46.5. The summed E-state index contributed by atoms with van der Waals surface area (Å²) < 4.78 is 0. The summed E-state index contributed by atoms with van der Waals surface area (Å²) in [6.07, 6.45) is 115. The highest BCUT2D eigenvalue weighted by Crippen LogP contribution is 2.58. The molecule has 0 aromatic heterocycles. The summed E-state index contributed by atoms with van der Waals surface area (Å²) in [4.78, 5) is 11.1. The van der Waals surface area contributed by atoms with E-state index < -0.39 is 0 Å². The molecule has 0 saturated heterocycles. The van der Waals surface area contributed by atoms with Gasteiger partial charge in [-0.15, -0.1) is 70.6 Å². The van der Waals surface area contributed by atoms with E-state index in [9.17, 15) is 0 Å². The predicted molar refractivity (Wildman–Crippen MR) is 527 cm³/mol. The topological polar surface area (TPSA) is 0 Å². The normalized spacial score (nSPS) is 24.5. The molecule has 0 aliphatic heterocycles. The van der Waals surface area contributed by atoms with Crippen LogP contribution in [0.3, 0.4) is 0 Å². The number of unbranched alkanes of at least 4 members (excludes halogenated alkanes) is 42. The first-order valence-corrected chi connectivity index (χ1v) is 59.3. The van der Waals surface area contributed by atoms with Crippen molar-refractivity contribution in [2.75, 3.05) is 34.5 Å². The van der Waals surface area contributed by atoms with Crippen molar-refractivity contribution < 1.29 is 0 Å². The third-order valence-corrected chi connectivity index (χ3v) is 39.4. The molecule has 0 unspecified atom stereocenters. The van der Waals surface area contributed by atoms with Crippen LogP contribution in [0, 0.1) is 71.0 Å². The summed E-state index contributed by atoms with van der Waals surface area (Å²) in [5, 5.41) is 0. The second kappa shape index (κ2) is 69.5. The average Bonchev–Trinajstić information content (AvgIpc) is 0.761. The van der Waals surface area contributed by atoms with Gasteiger partial charge >= 0.3 is 0 Å². The number of hydrogen-bond acceptors (Lipinski definition) is 6. The number of rotatable bonds is 72. The van der Waals surface area contributed by atoms with E-state index in [0.717, 1.165) is 71.0 Å². The molecule has 0 atom stereocenters. The van der Waals surface area contributed by atoms with Gasteiger partial charge in [-0.2, -0.15) is 0 Å². The molecule has 0 N–H and O–H groups in total. The first kappa shape index (κ1) is 102. The second-order valence-electron chi connectivity index (χ2n) is 40.7. The van der Waals surface area contributed by atoms with Crippen molar-refractivity contribution in [2.45, 2.75) is 572 Å². The van der Waals surface area contributed by atoms with Crippen LogP contribution in [0.1, 0.15) is 542 Å². The van der Waals surface area contributed by atoms with Crippen LogP contribution in [0.2, 0.25) is 0 Å². The average molecular weight is 1690 g/mol. The minimum absolute atomic E-state index is 0.877. The maximum Gasteiger partial charge on any atom is 0.0368 e. The van der Waals surface area contributed by atoms with E-state index in [0.29, 0.717) is 0 Å². The van der Waals surface area contributed by atoms with E-state index in [1.807, 2.05) is 29.4 Å². The summed E-state index contributed by atoms with van der Waals surface area (Å²) in [6, 6.07) is 0. The molecule has 6 aliphatic carbocycles. The number of hydrogen-bond donors (Lipinski definition) is 0. The lowest BCUT2D eigenvalue weighted by Gasteiger charge is -2.33. The molecule has 0 nitrogen and oxygen atoms in total. The van der Waals surface area contributed by atoms with Gasteiger partial charge in [-0.25, -0.2) is 0 Å². The van der Waals surface area contributed by atoms with Gasteiger partial charge in [0.25, 0.3) is 0 Å². The SMILES string of the molecule is CCCCCCCCCC[C@H]1CC[C@H](CSc2c(SC[C@H]3CC[C@H](CCCCCCCCCC)CC3)c(SC[C@H]3CC[C@H](CCCCCCCCCC)CC3)c(SC[C@H]3CC[C@H](CCCCCCCCCC)CC3)c(SC[C@H]3CC[C@H](CCCCCCCCCC)CC3)c2SC[C@H]2CC[C@H](CCCCCCCCCC)CC2)CC1. The standard InChI is InChI=1S/C108H198S6/c1-7-13-19-25-31-37-43-49-55-91-61-73-97(74-62-91)85-109-103-104(110-86-98-75-63-92(64-76-98)56-50-44-38-32-26-20-14-8-2)106(112-88-100-79-67-94(68-80-100)58-52-46-40-34-28-22-16-10-4)108(114-90-102-83-71-96(72-84-102)60-54-48-42-36-30-24-18-12-6)107(113-89-101-81-69-95(70-82-101)59-53-47-41-35-29-23-17-11-5)105(103)111-87-99-77-65-93(66-78-99)57-51-45-39-33-27-21-15-9-3/h91-102H,7-90H2,1-6H3/t91-,92-,93-,94-,95-,96-,97-,98-,99-,100-,101-,102-. The Hall–Kier alpha value is 1.32. The Morgan fingerprint density at radius 2 is 0.228 bits per heavy atom. The van der Waals surface area contributed by atoms with E-state index in [1.165, 1.54) is 535 Å². The Balaban J connectivity index is 1.20. The van der Waals surface area contributed by atoms with Crippen LogP contribution in [0.25, 0.3) is 0 Å². The van der Waals surface area contributed by atoms with Crippen LogP contribution in [-0.4, -0.2) is 34.5 Å². The third-order valence-electron chi connectivity index (χ3n) is 30.6. The van der Waals surface area contributed by atoms with E-state index in [2.05, 4.69) is 112 Å². The van der Waals surface area contributed by atoms with E-state index in [4.69, 9.17) is 0 Å². The lowest BCUT2D eigenvalue weighted by atomic mass is 9.80. The van der Waals surface area contributed by atoms with Crippen LogP contribution < -0.4 is 0 Å². The van der Waals surface area contributed by atoms with Crippen LogP contribution in [0.15, 0.2) is 29.4 Å². The van der Waals surface area contributed by atoms with Crippen LogP contribution in [-0.2, 0) is 0 Å². The molecule has 7 rings (SSSR count). The summed E-state index contributed by atoms with van der Waals surface area (Å²) in [5.74, 6) is 19.4. The molecular formula is C108H198S6. The highest BCUT2D eigenvalue weighted by molar-refractivity contribution is 8.06. The molecule has 0 bridgehead atoms. The summed E-state index contributed by atoms with van der Waals surface area (Å²) in [5.41, 5.74) is 0. The van der Waals surface area contributed by atoms with Gasteiger partial charge in [-0.1, -0.05) is 465 Å². The lowest BCUT2D eigenvalue weighted by molar-refractivity contribution is 0.274. The first-order chi connectivity index (χ1) is 56.4. The largest absolute Gasteiger partial charge is 0.123 e. The quantitative estimate of drug-likeness (QED) is 0.0468. The molecule has 6 heteroatoms. The lowest BCUT2D eigenvalue weighted by Crippen LogP contribution is -2.18. The van der Waals surface area contributed by atoms with Gasteiger partial charge in [0.05, 0.1) is 0 Å². The van der Waals surface area contributed by atoms with Crippen molar-refractivity contribution in [1.29, 1.82) is 0 Å². The van der Waals surface area contributed by atoms with Gasteiger partial charge in [-0.05, 0) is 148 Å². The van der Waals surface area contributed by atoms with Gasteiger partial charge in [0.2, 0.25) is 0 Å². The van der Waals surface area contributed by atoms with Crippen molar-refractivity contribution in [1.82, 2.24) is 0 Å². The monoisotopic (exact) mass is 1690 g/mol. The fraction of sp³-hybridized carbons (Fsp3) is 0.944. The molecule has 6 fully saturated rings. The van der Waals surface area contributed by atoms with Gasteiger partial charge in [0.1, 0.15) is 0 Å². The number of thioether (sulfide) groups is 6.